The molecule has 10 aromatic rings. The van der Waals surface area contributed by atoms with Crippen molar-refractivity contribution in [3.8, 4) is 28.3 Å². The fraction of sp³-hybridized carbons (Fsp3) is 0. The van der Waals surface area contributed by atoms with Crippen molar-refractivity contribution in [1.29, 1.82) is 0 Å². The van der Waals surface area contributed by atoms with Gasteiger partial charge in [-0.2, -0.15) is 0 Å². The molecule has 0 unspecified atom stereocenters. The lowest BCUT2D eigenvalue weighted by Crippen LogP contribution is -2.10. The molecule has 51 heavy (non-hydrogen) atoms. The van der Waals surface area contributed by atoms with Gasteiger partial charge in [-0.3, -0.25) is 0 Å². The minimum absolute atomic E-state index is 0.601. The van der Waals surface area contributed by atoms with E-state index in [0.29, 0.717) is 5.89 Å². The van der Waals surface area contributed by atoms with Crippen LogP contribution in [0.3, 0.4) is 0 Å². The van der Waals surface area contributed by atoms with E-state index in [1.165, 1.54) is 27.4 Å². The van der Waals surface area contributed by atoms with E-state index in [1.807, 2.05) is 30.3 Å². The van der Waals surface area contributed by atoms with Crippen molar-refractivity contribution in [2.45, 2.75) is 0 Å². The van der Waals surface area contributed by atoms with Gasteiger partial charge in [0.25, 0.3) is 0 Å². The number of benzene rings is 8. The summed E-state index contributed by atoms with van der Waals surface area (Å²) in [7, 11) is 0. The predicted molar refractivity (Wildman–Crippen MR) is 211 cm³/mol. The second kappa shape index (κ2) is 11.9. The summed E-state index contributed by atoms with van der Waals surface area (Å²) in [6, 6.07) is 66.1. The van der Waals surface area contributed by atoms with Crippen LogP contribution in [0.15, 0.2) is 192 Å². The molecule has 240 valence electrons. The Labute approximate surface area is 295 Å². The van der Waals surface area contributed by atoms with Crippen LogP contribution in [0.4, 0.5) is 17.1 Å². The number of para-hydroxylation sites is 2. The van der Waals surface area contributed by atoms with E-state index in [-0.39, 0.29) is 0 Å². The number of anilines is 3. The fourth-order valence-corrected chi connectivity index (χ4v) is 7.41. The second-order valence-corrected chi connectivity index (χ2v) is 12.8. The standard InChI is InChI=1S/C47H31N3O/c1-3-13-32(14-4-1)33-23-25-36(26-24-33)49(37-27-29-38(30-28-37)50-42-21-11-9-19-40(42)41-20-10-12-22-43(41)50)44-31-35-17-7-8-18-39(35)45-46(44)51-47(48-45)34-15-5-2-6-16-34/h1-31H. The van der Waals surface area contributed by atoms with Crippen LogP contribution in [-0.2, 0) is 0 Å². The molecular formula is C47H31N3O. The molecular weight excluding hydrogens is 623 g/mol. The fourth-order valence-electron chi connectivity index (χ4n) is 7.41. The van der Waals surface area contributed by atoms with Crippen LogP contribution in [0.5, 0.6) is 0 Å². The van der Waals surface area contributed by atoms with Gasteiger partial charge in [0.1, 0.15) is 5.52 Å². The van der Waals surface area contributed by atoms with E-state index < -0.39 is 0 Å². The minimum Gasteiger partial charge on any atom is -0.434 e. The van der Waals surface area contributed by atoms with Crippen molar-refractivity contribution < 1.29 is 4.42 Å². The third-order valence-corrected chi connectivity index (χ3v) is 9.81. The zero-order valence-electron chi connectivity index (χ0n) is 27.6. The summed E-state index contributed by atoms with van der Waals surface area (Å²) >= 11 is 0. The predicted octanol–water partition coefficient (Wildman–Crippen LogP) is 12.9. The van der Waals surface area contributed by atoms with E-state index >= 15 is 0 Å². The normalized spacial score (nSPS) is 11.5. The van der Waals surface area contributed by atoms with Crippen LogP contribution in [0.1, 0.15) is 0 Å². The van der Waals surface area contributed by atoms with Crippen LogP contribution in [-0.4, -0.2) is 9.55 Å². The number of nitrogens with zero attached hydrogens (tertiary/aromatic N) is 3. The number of hydrogen-bond donors (Lipinski definition) is 0. The lowest BCUT2D eigenvalue weighted by molar-refractivity contribution is 0.620. The van der Waals surface area contributed by atoms with Gasteiger partial charge in [0.2, 0.25) is 5.89 Å². The second-order valence-electron chi connectivity index (χ2n) is 12.8. The number of hydrogen-bond acceptors (Lipinski definition) is 3. The van der Waals surface area contributed by atoms with Crippen LogP contribution in [0, 0.1) is 0 Å². The van der Waals surface area contributed by atoms with Crippen molar-refractivity contribution in [3.63, 3.8) is 0 Å². The number of oxazole rings is 1. The van der Waals surface area contributed by atoms with Crippen LogP contribution >= 0.6 is 0 Å². The summed E-state index contributed by atoms with van der Waals surface area (Å²) in [5.74, 6) is 0.601. The maximum atomic E-state index is 6.73. The van der Waals surface area contributed by atoms with E-state index in [1.54, 1.807) is 0 Å². The first-order chi connectivity index (χ1) is 25.3. The first-order valence-electron chi connectivity index (χ1n) is 17.2. The summed E-state index contributed by atoms with van der Waals surface area (Å²) in [4.78, 5) is 7.40. The van der Waals surface area contributed by atoms with Gasteiger partial charge in [-0.1, -0.05) is 121 Å². The van der Waals surface area contributed by atoms with Crippen molar-refractivity contribution >= 4 is 60.7 Å². The first-order valence-corrected chi connectivity index (χ1v) is 17.2. The van der Waals surface area contributed by atoms with Crippen molar-refractivity contribution in [3.05, 3.63) is 188 Å². The van der Waals surface area contributed by atoms with Gasteiger partial charge in [0.05, 0.1) is 16.7 Å². The van der Waals surface area contributed by atoms with Crippen LogP contribution in [0.2, 0.25) is 0 Å². The molecule has 8 aromatic carbocycles. The Morgan fingerprint density at radius 3 is 1.61 bits per heavy atom. The van der Waals surface area contributed by atoms with Crippen LogP contribution in [0.25, 0.3) is 71.9 Å². The van der Waals surface area contributed by atoms with Gasteiger partial charge >= 0.3 is 0 Å². The SMILES string of the molecule is c1ccc(-c2ccc(N(c3ccc(-n4c5ccccc5c5ccccc54)cc3)c3cc4ccccc4c4nc(-c5ccccc5)oc34)cc2)cc1. The number of aromatic nitrogens is 2. The molecule has 0 atom stereocenters. The highest BCUT2D eigenvalue weighted by Gasteiger charge is 2.23. The van der Waals surface area contributed by atoms with Crippen molar-refractivity contribution in [2.75, 3.05) is 4.90 Å². The summed E-state index contributed by atoms with van der Waals surface area (Å²) in [5, 5.41) is 4.65. The van der Waals surface area contributed by atoms with E-state index in [4.69, 9.17) is 9.40 Å². The largest absolute Gasteiger partial charge is 0.434 e. The Hall–Kier alpha value is -6.91. The van der Waals surface area contributed by atoms with Crippen LogP contribution < -0.4 is 4.90 Å². The van der Waals surface area contributed by atoms with Crippen molar-refractivity contribution in [2.24, 2.45) is 0 Å². The molecule has 0 saturated carbocycles. The minimum atomic E-state index is 0.601. The third-order valence-electron chi connectivity index (χ3n) is 9.81. The highest BCUT2D eigenvalue weighted by molar-refractivity contribution is 6.12. The lowest BCUT2D eigenvalue weighted by Gasteiger charge is -2.26. The molecule has 0 saturated heterocycles. The van der Waals surface area contributed by atoms with E-state index in [0.717, 1.165) is 55.7 Å². The molecule has 0 radical (unpaired) electrons. The zero-order chi connectivity index (χ0) is 33.7. The smallest absolute Gasteiger partial charge is 0.227 e. The maximum absolute atomic E-state index is 6.73. The Morgan fingerprint density at radius 2 is 0.961 bits per heavy atom. The average Bonchev–Trinajstić information content (AvgIpc) is 3.80. The van der Waals surface area contributed by atoms with Gasteiger partial charge in [-0.05, 0) is 83.2 Å². The zero-order valence-corrected chi connectivity index (χ0v) is 27.6. The quantitative estimate of drug-likeness (QED) is 0.179. The average molecular weight is 654 g/mol. The molecule has 0 spiro atoms. The summed E-state index contributed by atoms with van der Waals surface area (Å²) in [6.45, 7) is 0. The number of rotatable bonds is 6. The Bertz CT molecular complexity index is 2780. The van der Waals surface area contributed by atoms with Gasteiger partial charge in [0.15, 0.2) is 5.58 Å². The van der Waals surface area contributed by atoms with Gasteiger partial charge in [-0.25, -0.2) is 4.98 Å². The van der Waals surface area contributed by atoms with Gasteiger partial charge in [0, 0.05) is 38.8 Å². The van der Waals surface area contributed by atoms with Gasteiger partial charge in [-0.15, -0.1) is 0 Å². The van der Waals surface area contributed by atoms with E-state index in [9.17, 15) is 0 Å². The summed E-state index contributed by atoms with van der Waals surface area (Å²) in [5.41, 5.74) is 11.3. The molecule has 0 N–H and O–H groups in total. The molecule has 10 rings (SSSR count). The molecule has 0 fully saturated rings. The first kappa shape index (κ1) is 29.0. The molecule has 2 heterocycles. The molecule has 0 aliphatic rings. The third kappa shape index (κ3) is 4.88. The highest BCUT2D eigenvalue weighted by Crippen LogP contribution is 2.44. The molecule has 4 nitrogen and oxygen atoms in total. The monoisotopic (exact) mass is 653 g/mol. The van der Waals surface area contributed by atoms with Gasteiger partial charge < -0.3 is 13.9 Å². The van der Waals surface area contributed by atoms with E-state index in [2.05, 4.69) is 167 Å². The Kier molecular flexibility index (Phi) is 6.78. The number of fused-ring (bicyclic) bond motifs is 6. The summed E-state index contributed by atoms with van der Waals surface area (Å²) < 4.78 is 9.08. The maximum Gasteiger partial charge on any atom is 0.227 e. The highest BCUT2D eigenvalue weighted by atomic mass is 16.3. The Morgan fingerprint density at radius 1 is 0.451 bits per heavy atom. The summed E-state index contributed by atoms with van der Waals surface area (Å²) in [6.07, 6.45) is 0. The molecule has 0 aliphatic heterocycles. The lowest BCUT2D eigenvalue weighted by atomic mass is 10.0. The molecule has 2 aromatic heterocycles. The molecule has 0 amide bonds. The topological polar surface area (TPSA) is 34.2 Å². The molecule has 0 bridgehead atoms. The molecule has 4 heteroatoms. The molecule has 0 aliphatic carbocycles. The Balaban J connectivity index is 1.18. The van der Waals surface area contributed by atoms with Crippen molar-refractivity contribution in [1.82, 2.24) is 9.55 Å².